The molecule has 0 unspecified atom stereocenters. The van der Waals surface area contributed by atoms with Gasteiger partial charge >= 0.3 is 0 Å². The van der Waals surface area contributed by atoms with Gasteiger partial charge in [0.25, 0.3) is 0 Å². The Morgan fingerprint density at radius 1 is 1.62 bits per heavy atom. The number of imidazole rings is 1. The van der Waals surface area contributed by atoms with Crippen LogP contribution in [-0.4, -0.2) is 9.55 Å². The summed E-state index contributed by atoms with van der Waals surface area (Å²) in [5, 5.41) is 0. The fourth-order valence-electron chi connectivity index (χ4n) is 1.61. The lowest BCUT2D eigenvalue weighted by Gasteiger charge is -2.03. The summed E-state index contributed by atoms with van der Waals surface area (Å²) < 4.78 is 16.6. The molecule has 16 heavy (non-hydrogen) atoms. The van der Waals surface area contributed by atoms with Crippen molar-refractivity contribution in [2.45, 2.75) is 13.5 Å². The maximum absolute atomic E-state index is 13.4. The average molecular weight is 301 g/mol. The van der Waals surface area contributed by atoms with E-state index in [4.69, 9.17) is 12.2 Å². The zero-order valence-electron chi connectivity index (χ0n) is 8.68. The second-order valence-electron chi connectivity index (χ2n) is 3.65. The van der Waals surface area contributed by atoms with Crippen LogP contribution >= 0.6 is 28.1 Å². The molecular formula is C11H10BrFN2S. The number of aromatic nitrogens is 2. The second kappa shape index (κ2) is 4.14. The Balaban J connectivity index is 2.74. The normalized spacial score (nSPS) is 10.9. The summed E-state index contributed by atoms with van der Waals surface area (Å²) in [4.78, 5) is 2.98. The first-order valence-corrected chi connectivity index (χ1v) is 5.91. The summed E-state index contributed by atoms with van der Waals surface area (Å²) >= 11 is 8.48. The van der Waals surface area contributed by atoms with Crippen LogP contribution < -0.4 is 0 Å². The number of aromatic amines is 1. The number of hydrogen-bond donors (Lipinski definition) is 1. The van der Waals surface area contributed by atoms with Crippen LogP contribution in [0.5, 0.6) is 0 Å². The zero-order valence-corrected chi connectivity index (χ0v) is 11.1. The largest absolute Gasteiger partial charge is 0.330 e. The number of H-pyrrole nitrogens is 1. The molecule has 0 aliphatic carbocycles. The van der Waals surface area contributed by atoms with Gasteiger partial charge in [0, 0.05) is 4.48 Å². The van der Waals surface area contributed by atoms with Crippen molar-refractivity contribution >= 4 is 39.2 Å². The maximum Gasteiger partial charge on any atom is 0.178 e. The van der Waals surface area contributed by atoms with E-state index in [9.17, 15) is 4.39 Å². The van der Waals surface area contributed by atoms with Crippen molar-refractivity contribution in [3.05, 3.63) is 39.3 Å². The zero-order chi connectivity index (χ0) is 11.9. The predicted octanol–water partition coefficient (Wildman–Crippen LogP) is 4.06. The molecule has 84 valence electrons. The molecule has 0 aliphatic heterocycles. The van der Waals surface area contributed by atoms with E-state index in [-0.39, 0.29) is 5.82 Å². The lowest BCUT2D eigenvalue weighted by molar-refractivity contribution is 0.620. The lowest BCUT2D eigenvalue weighted by atomic mass is 10.2. The Morgan fingerprint density at radius 3 is 2.94 bits per heavy atom. The van der Waals surface area contributed by atoms with E-state index in [0.717, 1.165) is 10.00 Å². The summed E-state index contributed by atoms with van der Waals surface area (Å²) in [5.74, 6) is -0.228. The topological polar surface area (TPSA) is 20.7 Å². The fraction of sp³-hybridized carbons (Fsp3) is 0.182. The Hall–Kier alpha value is -0.940. The first-order valence-electron chi connectivity index (χ1n) is 4.71. The number of allylic oxidation sites excluding steroid dienone is 1. The molecule has 1 aromatic carbocycles. The third-order valence-corrected chi connectivity index (χ3v) is 2.96. The molecular weight excluding hydrogens is 291 g/mol. The molecule has 0 fully saturated rings. The Labute approximate surface area is 106 Å². The number of nitrogens with one attached hydrogen (secondary N) is 1. The number of fused-ring (bicyclic) bond motifs is 1. The summed E-state index contributed by atoms with van der Waals surface area (Å²) in [5.41, 5.74) is 2.21. The van der Waals surface area contributed by atoms with E-state index in [1.165, 1.54) is 6.07 Å². The monoisotopic (exact) mass is 300 g/mol. The van der Waals surface area contributed by atoms with Gasteiger partial charge in [-0.05, 0) is 36.8 Å². The summed E-state index contributed by atoms with van der Waals surface area (Å²) in [6, 6.07) is 3.25. The third-order valence-electron chi connectivity index (χ3n) is 2.38. The molecule has 5 heteroatoms. The Bertz CT molecular complexity index is 627. The molecule has 0 saturated carbocycles. The second-order valence-corrected chi connectivity index (χ2v) is 5.16. The predicted molar refractivity (Wildman–Crippen MR) is 69.9 cm³/mol. The van der Waals surface area contributed by atoms with E-state index in [1.54, 1.807) is 13.0 Å². The summed E-state index contributed by atoms with van der Waals surface area (Å²) in [6.07, 6.45) is 0. The molecule has 0 aliphatic rings. The van der Waals surface area contributed by atoms with Crippen LogP contribution in [0, 0.1) is 17.5 Å². The van der Waals surface area contributed by atoms with Gasteiger partial charge in [0.15, 0.2) is 4.77 Å². The smallest absolute Gasteiger partial charge is 0.178 e. The molecule has 1 aromatic heterocycles. The average Bonchev–Trinajstić information content (AvgIpc) is 2.45. The quantitative estimate of drug-likeness (QED) is 0.830. The minimum atomic E-state index is -0.228. The number of benzene rings is 1. The standard InChI is InChI=1S/C11H10BrFN2S/c1-6-3-10-9(4-8(6)13)14-11(16)15(10)5-7(2)12/h3-4H,2,5H2,1H3,(H,14,16). The maximum atomic E-state index is 13.4. The summed E-state index contributed by atoms with van der Waals surface area (Å²) in [6.45, 7) is 6.09. The van der Waals surface area contributed by atoms with E-state index < -0.39 is 0 Å². The minimum absolute atomic E-state index is 0.228. The van der Waals surface area contributed by atoms with Crippen molar-refractivity contribution in [3.63, 3.8) is 0 Å². The van der Waals surface area contributed by atoms with Gasteiger partial charge in [-0.3, -0.25) is 0 Å². The fourth-order valence-corrected chi connectivity index (χ4v) is 2.13. The van der Waals surface area contributed by atoms with Gasteiger partial charge in [0.2, 0.25) is 0 Å². The van der Waals surface area contributed by atoms with Gasteiger partial charge in [-0.1, -0.05) is 22.5 Å². The number of hydrogen-bond acceptors (Lipinski definition) is 1. The van der Waals surface area contributed by atoms with Crippen LogP contribution in [0.1, 0.15) is 5.56 Å². The van der Waals surface area contributed by atoms with Crippen LogP contribution in [-0.2, 0) is 6.54 Å². The van der Waals surface area contributed by atoms with E-state index in [1.807, 2.05) is 4.57 Å². The molecule has 1 N–H and O–H groups in total. The van der Waals surface area contributed by atoms with Crippen molar-refractivity contribution in [3.8, 4) is 0 Å². The van der Waals surface area contributed by atoms with Crippen molar-refractivity contribution in [2.24, 2.45) is 0 Å². The lowest BCUT2D eigenvalue weighted by Crippen LogP contribution is -1.97. The third kappa shape index (κ3) is 1.97. The van der Waals surface area contributed by atoms with Crippen LogP contribution in [0.3, 0.4) is 0 Å². The number of rotatable bonds is 2. The van der Waals surface area contributed by atoms with Crippen LogP contribution in [0.4, 0.5) is 4.39 Å². The van der Waals surface area contributed by atoms with Gasteiger partial charge in [-0.25, -0.2) is 4.39 Å². The van der Waals surface area contributed by atoms with Crippen molar-refractivity contribution in [2.75, 3.05) is 0 Å². The molecule has 0 bridgehead atoms. The first-order chi connectivity index (χ1) is 7.49. The van der Waals surface area contributed by atoms with Gasteiger partial charge in [0.1, 0.15) is 5.82 Å². The molecule has 1 heterocycles. The molecule has 2 nitrogen and oxygen atoms in total. The molecule has 0 radical (unpaired) electrons. The number of halogens is 2. The highest BCUT2D eigenvalue weighted by molar-refractivity contribution is 9.11. The molecule has 0 spiro atoms. The number of nitrogens with zero attached hydrogens (tertiary/aromatic N) is 1. The molecule has 0 saturated heterocycles. The van der Waals surface area contributed by atoms with E-state index in [2.05, 4.69) is 27.5 Å². The summed E-state index contributed by atoms with van der Waals surface area (Å²) in [7, 11) is 0. The number of aryl methyl sites for hydroxylation is 1. The Morgan fingerprint density at radius 2 is 2.31 bits per heavy atom. The van der Waals surface area contributed by atoms with Gasteiger partial charge in [0.05, 0.1) is 17.6 Å². The van der Waals surface area contributed by atoms with Crippen molar-refractivity contribution in [1.82, 2.24) is 9.55 Å². The SMILES string of the molecule is C=C(Br)Cn1c(=S)[nH]c2cc(F)c(C)cc21. The molecule has 2 rings (SSSR count). The van der Waals surface area contributed by atoms with Gasteiger partial charge in [-0.15, -0.1) is 0 Å². The molecule has 0 atom stereocenters. The van der Waals surface area contributed by atoms with Gasteiger partial charge in [-0.2, -0.15) is 0 Å². The first kappa shape index (κ1) is 11.5. The minimum Gasteiger partial charge on any atom is -0.330 e. The van der Waals surface area contributed by atoms with Gasteiger partial charge < -0.3 is 9.55 Å². The highest BCUT2D eigenvalue weighted by Crippen LogP contribution is 2.20. The molecule has 0 amide bonds. The highest BCUT2D eigenvalue weighted by atomic mass is 79.9. The van der Waals surface area contributed by atoms with E-state index in [0.29, 0.717) is 22.4 Å². The van der Waals surface area contributed by atoms with Crippen molar-refractivity contribution in [1.29, 1.82) is 0 Å². The Kier molecular flexibility index (Phi) is 2.99. The van der Waals surface area contributed by atoms with E-state index >= 15 is 0 Å². The van der Waals surface area contributed by atoms with Crippen LogP contribution in [0.15, 0.2) is 23.2 Å². The highest BCUT2D eigenvalue weighted by Gasteiger charge is 2.08. The van der Waals surface area contributed by atoms with Crippen molar-refractivity contribution < 1.29 is 4.39 Å². The van der Waals surface area contributed by atoms with Crippen LogP contribution in [0.2, 0.25) is 0 Å². The van der Waals surface area contributed by atoms with Crippen LogP contribution in [0.25, 0.3) is 11.0 Å². The molecule has 2 aromatic rings.